The van der Waals surface area contributed by atoms with Gasteiger partial charge < -0.3 is 14.1 Å². The zero-order chi connectivity index (χ0) is 27.6. The Morgan fingerprint density at radius 3 is 2.72 bits per heavy atom. The van der Waals surface area contributed by atoms with Crippen molar-refractivity contribution < 1.29 is 22.4 Å². The number of carbonyl (C=O) groups excluding carboxylic acids is 1. The minimum absolute atomic E-state index is 0.0819. The van der Waals surface area contributed by atoms with E-state index in [0.717, 1.165) is 21.0 Å². The van der Waals surface area contributed by atoms with Crippen molar-refractivity contribution in [2.45, 2.75) is 19.4 Å². The molecule has 1 aliphatic carbocycles. The Kier molecular flexibility index (Phi) is 7.46. The summed E-state index contributed by atoms with van der Waals surface area (Å²) >= 11 is 3.60. The number of nitrogens with zero attached hydrogens (tertiary/aromatic N) is 2. The van der Waals surface area contributed by atoms with Gasteiger partial charge in [-0.2, -0.15) is 5.26 Å². The molecular formula is C29H24BrN3O5S. The third-order valence-corrected chi connectivity index (χ3v) is 8.71. The number of hydrogen-bond donors (Lipinski definition) is 1. The SMILES string of the molecule is CCOC(=O)CN1C=CC=C2C=CC=C(S(=O)(=O)Nc3ccc4c(Br)c(Cc5ccc(C#N)cc5)oc4c3)C21. The van der Waals surface area contributed by atoms with E-state index < -0.39 is 22.0 Å². The molecule has 5 rings (SSSR count). The van der Waals surface area contributed by atoms with Gasteiger partial charge in [0.25, 0.3) is 10.0 Å². The number of sulfonamides is 1. The molecule has 1 N–H and O–H groups in total. The molecule has 2 aliphatic rings. The first-order chi connectivity index (χ1) is 18.8. The second-order valence-corrected chi connectivity index (χ2v) is 11.4. The van der Waals surface area contributed by atoms with Gasteiger partial charge in [-0.15, -0.1) is 0 Å². The number of esters is 1. The Morgan fingerprint density at radius 1 is 1.18 bits per heavy atom. The summed E-state index contributed by atoms with van der Waals surface area (Å²) in [6.07, 6.45) is 10.8. The van der Waals surface area contributed by atoms with Crippen LogP contribution in [0.25, 0.3) is 11.0 Å². The number of nitrogens with one attached hydrogen (secondary N) is 1. The van der Waals surface area contributed by atoms with Crippen LogP contribution in [0.1, 0.15) is 23.8 Å². The van der Waals surface area contributed by atoms with Gasteiger partial charge in [-0.25, -0.2) is 8.42 Å². The molecule has 0 amide bonds. The highest BCUT2D eigenvalue weighted by Crippen LogP contribution is 2.36. The van der Waals surface area contributed by atoms with Crippen LogP contribution in [-0.4, -0.2) is 38.5 Å². The maximum atomic E-state index is 13.6. The van der Waals surface area contributed by atoms with Gasteiger partial charge in [0, 0.05) is 24.1 Å². The fourth-order valence-electron chi connectivity index (χ4n) is 4.58. The fraction of sp³-hybridized carbons (Fsp3) is 0.172. The lowest BCUT2D eigenvalue weighted by Gasteiger charge is -2.35. The Bertz CT molecular complexity index is 1710. The summed E-state index contributed by atoms with van der Waals surface area (Å²) in [5.41, 5.74) is 3.18. The van der Waals surface area contributed by atoms with Crippen LogP contribution < -0.4 is 4.72 Å². The molecule has 0 saturated heterocycles. The first kappa shape index (κ1) is 26.5. The standard InChI is InChI=1S/C29H24BrN3O5S/c1-2-37-27(34)18-33-14-4-6-21-5-3-7-26(29(21)33)39(35,36)32-22-12-13-23-24(16-22)38-25(28(23)30)15-19-8-10-20(17-31)11-9-19/h3-14,16,29,32H,2,15,18H2,1H3. The van der Waals surface area contributed by atoms with Crippen molar-refractivity contribution >= 4 is 48.6 Å². The number of rotatable bonds is 8. The maximum Gasteiger partial charge on any atom is 0.325 e. The molecule has 0 radical (unpaired) electrons. The topological polar surface area (TPSA) is 113 Å². The molecule has 1 aromatic heterocycles. The lowest BCUT2D eigenvalue weighted by atomic mass is 9.97. The molecule has 198 valence electrons. The molecule has 39 heavy (non-hydrogen) atoms. The van der Waals surface area contributed by atoms with Gasteiger partial charge >= 0.3 is 5.97 Å². The summed E-state index contributed by atoms with van der Waals surface area (Å²) < 4.78 is 41.8. The number of anilines is 1. The molecular weight excluding hydrogens is 582 g/mol. The van der Waals surface area contributed by atoms with E-state index in [9.17, 15) is 13.2 Å². The predicted octanol–water partition coefficient (Wildman–Crippen LogP) is 5.54. The van der Waals surface area contributed by atoms with Crippen LogP contribution in [0.2, 0.25) is 0 Å². The number of halogens is 1. The number of hydrogen-bond acceptors (Lipinski definition) is 7. The highest BCUT2D eigenvalue weighted by molar-refractivity contribution is 9.10. The van der Waals surface area contributed by atoms with E-state index >= 15 is 0 Å². The largest absolute Gasteiger partial charge is 0.465 e. The summed E-state index contributed by atoms with van der Waals surface area (Å²) in [5, 5.41) is 9.82. The van der Waals surface area contributed by atoms with Crippen LogP contribution in [0, 0.1) is 11.3 Å². The number of allylic oxidation sites excluding steroid dienone is 4. The van der Waals surface area contributed by atoms with Crippen LogP contribution >= 0.6 is 15.9 Å². The van der Waals surface area contributed by atoms with Crippen molar-refractivity contribution in [3.05, 3.63) is 111 Å². The van der Waals surface area contributed by atoms with Gasteiger partial charge in [-0.05, 0) is 70.4 Å². The molecule has 1 atom stereocenters. The monoisotopic (exact) mass is 605 g/mol. The zero-order valence-electron chi connectivity index (χ0n) is 20.9. The second-order valence-electron chi connectivity index (χ2n) is 8.96. The molecule has 0 fully saturated rings. The van der Waals surface area contributed by atoms with Crippen LogP contribution in [-0.2, 0) is 26.0 Å². The zero-order valence-corrected chi connectivity index (χ0v) is 23.3. The molecule has 0 bridgehead atoms. The summed E-state index contributed by atoms with van der Waals surface area (Å²) in [6, 6.07) is 13.8. The number of furan rings is 1. The smallest absolute Gasteiger partial charge is 0.325 e. The maximum absolute atomic E-state index is 13.6. The van der Waals surface area contributed by atoms with Crippen molar-refractivity contribution in [3.8, 4) is 6.07 Å². The van der Waals surface area contributed by atoms with Crippen LogP contribution in [0.15, 0.2) is 98.4 Å². The second kappa shape index (κ2) is 11.0. The number of fused-ring (bicyclic) bond motifs is 2. The van der Waals surface area contributed by atoms with Gasteiger partial charge in [-0.1, -0.05) is 30.4 Å². The van der Waals surface area contributed by atoms with Crippen molar-refractivity contribution in [2.24, 2.45) is 0 Å². The predicted molar refractivity (Wildman–Crippen MR) is 152 cm³/mol. The normalized spacial score (nSPS) is 16.3. The fourth-order valence-corrected chi connectivity index (χ4v) is 6.51. The Morgan fingerprint density at radius 2 is 1.97 bits per heavy atom. The van der Waals surface area contributed by atoms with E-state index in [-0.39, 0.29) is 18.1 Å². The Hall–Kier alpha value is -4.07. The van der Waals surface area contributed by atoms with Crippen LogP contribution in [0.3, 0.4) is 0 Å². The number of nitriles is 1. The molecule has 0 spiro atoms. The van der Waals surface area contributed by atoms with Gasteiger partial charge in [0.05, 0.1) is 39.3 Å². The molecule has 8 nitrogen and oxygen atoms in total. The van der Waals surface area contributed by atoms with Crippen molar-refractivity contribution in [3.63, 3.8) is 0 Å². The van der Waals surface area contributed by atoms with E-state index in [1.807, 2.05) is 24.3 Å². The van der Waals surface area contributed by atoms with Crippen molar-refractivity contribution in [2.75, 3.05) is 17.9 Å². The number of ether oxygens (including phenoxy) is 1. The Labute approximate surface area is 234 Å². The van der Waals surface area contributed by atoms with Gasteiger partial charge in [0.2, 0.25) is 0 Å². The van der Waals surface area contributed by atoms with E-state index in [1.165, 1.54) is 0 Å². The lowest BCUT2D eigenvalue weighted by Crippen LogP contribution is -2.42. The molecule has 1 unspecified atom stereocenters. The Balaban J connectivity index is 1.39. The summed E-state index contributed by atoms with van der Waals surface area (Å²) in [6.45, 7) is 1.89. The van der Waals surface area contributed by atoms with Gasteiger partial charge in [-0.3, -0.25) is 9.52 Å². The third-order valence-electron chi connectivity index (χ3n) is 6.36. The van der Waals surface area contributed by atoms with E-state index in [4.69, 9.17) is 14.4 Å². The van der Waals surface area contributed by atoms with Crippen LogP contribution in [0.5, 0.6) is 0 Å². The lowest BCUT2D eigenvalue weighted by molar-refractivity contribution is -0.143. The first-order valence-electron chi connectivity index (χ1n) is 12.2. The minimum atomic E-state index is -4.00. The van der Waals surface area contributed by atoms with Crippen LogP contribution in [0.4, 0.5) is 5.69 Å². The van der Waals surface area contributed by atoms with Gasteiger partial charge in [0.15, 0.2) is 0 Å². The molecule has 2 aromatic carbocycles. The highest BCUT2D eigenvalue weighted by Gasteiger charge is 2.35. The first-order valence-corrected chi connectivity index (χ1v) is 14.5. The average molecular weight is 606 g/mol. The highest BCUT2D eigenvalue weighted by atomic mass is 79.9. The van der Waals surface area contributed by atoms with Gasteiger partial charge in [0.1, 0.15) is 17.9 Å². The summed E-state index contributed by atoms with van der Waals surface area (Å²) in [5.74, 6) is 0.251. The van der Waals surface area contributed by atoms with E-state index in [2.05, 4.69) is 26.7 Å². The minimum Gasteiger partial charge on any atom is -0.465 e. The summed E-state index contributed by atoms with van der Waals surface area (Å²) in [4.78, 5) is 14.0. The van der Waals surface area contributed by atoms with E-state index in [0.29, 0.717) is 29.0 Å². The summed E-state index contributed by atoms with van der Waals surface area (Å²) in [7, 11) is -4.00. The van der Waals surface area contributed by atoms with Crippen molar-refractivity contribution in [1.29, 1.82) is 5.26 Å². The third kappa shape index (κ3) is 5.55. The molecule has 2 heterocycles. The number of carbonyl (C=O) groups is 1. The molecule has 0 saturated carbocycles. The molecule has 1 aliphatic heterocycles. The number of benzene rings is 2. The molecule has 10 heteroatoms. The average Bonchev–Trinajstić information content (AvgIpc) is 3.22. The van der Waals surface area contributed by atoms with E-state index in [1.54, 1.807) is 66.6 Å². The van der Waals surface area contributed by atoms with Crippen molar-refractivity contribution in [1.82, 2.24) is 4.90 Å². The quantitative estimate of drug-likeness (QED) is 0.335. The molecule has 3 aromatic rings.